The van der Waals surface area contributed by atoms with Gasteiger partial charge in [0.2, 0.25) is 6.54 Å². The van der Waals surface area contributed by atoms with E-state index >= 15 is 0 Å². The highest BCUT2D eigenvalue weighted by molar-refractivity contribution is 7.44. The van der Waals surface area contributed by atoms with Crippen LogP contribution in [0, 0.1) is 13.5 Å². The highest BCUT2D eigenvalue weighted by Gasteiger charge is 2.62. The molecule has 0 aliphatic carbocycles. The molecule has 2 saturated heterocycles. The van der Waals surface area contributed by atoms with E-state index in [2.05, 4.69) is 19.8 Å². The number of aryl methyl sites for hydroxylation is 1. The number of rotatable bonds is 11. The minimum Gasteiger partial charge on any atom is -0.368 e. The molecular formula is C27H36N5O6P. The zero-order valence-electron chi connectivity index (χ0n) is 23.9. The molecule has 2 bridgehead atoms. The van der Waals surface area contributed by atoms with Crippen molar-refractivity contribution in [1.82, 2.24) is 14.2 Å². The smallest absolute Gasteiger partial charge is 0.351 e. The summed E-state index contributed by atoms with van der Waals surface area (Å²) in [4.78, 5) is 33.3. The van der Waals surface area contributed by atoms with E-state index in [1.807, 2.05) is 33.8 Å². The van der Waals surface area contributed by atoms with E-state index in [1.165, 1.54) is 4.57 Å². The normalized spacial score (nSPS) is 25.2. The van der Waals surface area contributed by atoms with Crippen LogP contribution in [0.15, 0.2) is 41.3 Å². The molecule has 2 aromatic rings. The first-order chi connectivity index (χ1) is 19.1. The Hall–Kier alpha value is -2.71. The van der Waals surface area contributed by atoms with E-state index in [4.69, 9.17) is 26.5 Å². The molecule has 1 aromatic heterocycles. The summed E-state index contributed by atoms with van der Waals surface area (Å²) < 4.78 is 36.8. The van der Waals surface area contributed by atoms with Gasteiger partial charge in [0.15, 0.2) is 6.23 Å². The number of benzene rings is 1. The zero-order valence-corrected chi connectivity index (χ0v) is 23.8. The zero-order chi connectivity index (χ0) is 29.0. The fraction of sp³-hybridized carbons (Fsp3) is 0.556. The van der Waals surface area contributed by atoms with Crippen molar-refractivity contribution in [2.75, 3.05) is 25.1 Å². The van der Waals surface area contributed by atoms with E-state index < -0.39 is 38.3 Å². The van der Waals surface area contributed by atoms with Crippen LogP contribution in [-0.4, -0.2) is 69.8 Å². The van der Waals surface area contributed by atoms with Crippen molar-refractivity contribution in [3.05, 3.63) is 69.6 Å². The van der Waals surface area contributed by atoms with Crippen LogP contribution in [0.1, 0.15) is 58.1 Å². The average Bonchev–Trinajstić information content (AvgIpc) is 3.42. The Labute approximate surface area is 231 Å². The topological polar surface area (TPSA) is 109 Å². The largest absolute Gasteiger partial charge is 0.368 e. The number of ether oxygens (including phenoxy) is 2. The molecule has 0 spiro atoms. The van der Waals surface area contributed by atoms with Gasteiger partial charge in [-0.1, -0.05) is 18.2 Å². The Morgan fingerprint density at radius 1 is 1.36 bits per heavy atom. The Balaban J connectivity index is 1.59. The molecular weight excluding hydrogens is 521 g/mol. The first kappa shape index (κ1) is 27.8. The predicted octanol–water partition coefficient (Wildman–Crippen LogP) is 4.16. The third kappa shape index (κ3) is 6.22. The van der Waals surface area contributed by atoms with Crippen LogP contribution in [-0.2, 0) is 18.5 Å². The number of amides is 1. The summed E-state index contributed by atoms with van der Waals surface area (Å²) in [7, 11) is -1.62. The van der Waals surface area contributed by atoms with Crippen molar-refractivity contribution in [1.29, 1.82) is 0 Å². The van der Waals surface area contributed by atoms with Gasteiger partial charge in [-0.05, 0) is 53.7 Å². The number of nitrogens with zero attached hydrogens (tertiary/aromatic N) is 4. The van der Waals surface area contributed by atoms with Gasteiger partial charge in [0.05, 0.1) is 6.61 Å². The third-order valence-corrected chi connectivity index (χ3v) is 8.62. The number of fused-ring (bicyclic) bond motifs is 2. The molecule has 12 heteroatoms. The molecule has 3 heterocycles. The molecule has 2 fully saturated rings. The lowest BCUT2D eigenvalue weighted by molar-refractivity contribution is -0.167. The van der Waals surface area contributed by atoms with Gasteiger partial charge in [0.25, 0.3) is 14.4 Å². The third-order valence-electron chi connectivity index (χ3n) is 6.51. The molecule has 2 aliphatic heterocycles. The summed E-state index contributed by atoms with van der Waals surface area (Å²) in [5.41, 5.74) is -0.729. The predicted molar refractivity (Wildman–Crippen MR) is 147 cm³/mol. The molecule has 0 saturated carbocycles. The van der Waals surface area contributed by atoms with Gasteiger partial charge in [0.1, 0.15) is 30.2 Å². The summed E-state index contributed by atoms with van der Waals surface area (Å²) in [5, 5.41) is 2.70. The quantitative estimate of drug-likeness (QED) is 0.249. The second-order valence-electron chi connectivity index (χ2n) is 10.2. The molecule has 5 atom stereocenters. The van der Waals surface area contributed by atoms with E-state index in [1.54, 1.807) is 37.4 Å². The Morgan fingerprint density at radius 3 is 2.72 bits per heavy atom. The maximum absolute atomic E-state index is 13.2. The number of hydrogen-bond donors (Lipinski definition) is 1. The van der Waals surface area contributed by atoms with E-state index in [0.717, 1.165) is 0 Å². The van der Waals surface area contributed by atoms with Gasteiger partial charge < -0.3 is 28.7 Å². The Kier molecular flexibility index (Phi) is 8.72. The average molecular weight is 559 g/mol. The lowest BCUT2D eigenvalue weighted by atomic mass is 10.0. The molecule has 3 unspecified atom stereocenters. The van der Waals surface area contributed by atoms with Gasteiger partial charge >= 0.3 is 5.69 Å². The van der Waals surface area contributed by atoms with Crippen LogP contribution < -0.4 is 11.0 Å². The van der Waals surface area contributed by atoms with Gasteiger partial charge in [-0.15, -0.1) is 0 Å². The molecule has 4 rings (SSSR count). The maximum Gasteiger partial charge on any atom is 0.351 e. The summed E-state index contributed by atoms with van der Waals surface area (Å²) in [6.07, 6.45) is -0.681. The monoisotopic (exact) mass is 558 g/mol. The van der Waals surface area contributed by atoms with Crippen LogP contribution in [0.4, 0.5) is 5.82 Å². The molecule has 11 nitrogen and oxygen atoms in total. The van der Waals surface area contributed by atoms with Crippen molar-refractivity contribution in [2.24, 2.45) is 0 Å². The number of carbonyl (C=O) groups excluding carboxylic acids is 1. The van der Waals surface area contributed by atoms with Crippen molar-refractivity contribution < 1.29 is 24.7 Å². The van der Waals surface area contributed by atoms with E-state index in [0.29, 0.717) is 11.1 Å². The van der Waals surface area contributed by atoms with Crippen molar-refractivity contribution in [3.63, 3.8) is 0 Å². The minimum absolute atomic E-state index is 0.0933. The fourth-order valence-electron chi connectivity index (χ4n) is 4.75. The summed E-state index contributed by atoms with van der Waals surface area (Å²) >= 11 is 0. The lowest BCUT2D eigenvalue weighted by Gasteiger charge is -2.37. The van der Waals surface area contributed by atoms with Crippen molar-refractivity contribution >= 4 is 20.3 Å². The molecule has 210 valence electrons. The maximum atomic E-state index is 13.2. The van der Waals surface area contributed by atoms with E-state index in [-0.39, 0.29) is 50.5 Å². The summed E-state index contributed by atoms with van der Waals surface area (Å²) in [6.45, 7) is 17.4. The molecule has 1 aromatic carbocycles. The van der Waals surface area contributed by atoms with Gasteiger partial charge in [-0.25, -0.2) is 16.0 Å². The van der Waals surface area contributed by atoms with Crippen LogP contribution >= 0.6 is 8.53 Å². The standard InChI is InChI=1S/C27H36N5O6P/c1-17(2)32(18(3)4)39(36-14-13-28-7)38-22-21-25(37-27(22,6)16-35-21)31-15-19(5)23(30-26(31)34)29-24(33)20-11-9-8-10-12-20/h8-12,15,17-18,21-22,25H,13-14,16H2,1-6H3,(H,29,30,33,34)/t21?,22?,25-,27+,39?/m1/s1/i6D. The molecule has 2 aliphatic rings. The second kappa shape index (κ2) is 12.2. The number of nitrogens with one attached hydrogen (secondary N) is 1. The molecule has 1 N–H and O–H groups in total. The first-order valence-corrected chi connectivity index (χ1v) is 14.0. The lowest BCUT2D eigenvalue weighted by Crippen LogP contribution is -2.40. The highest BCUT2D eigenvalue weighted by Crippen LogP contribution is 2.54. The Morgan fingerprint density at radius 2 is 2.08 bits per heavy atom. The number of anilines is 1. The van der Waals surface area contributed by atoms with Crippen LogP contribution in [0.2, 0.25) is 0 Å². The van der Waals surface area contributed by atoms with Crippen molar-refractivity contribution in [2.45, 2.75) is 77.6 Å². The Bertz CT molecular complexity index is 1280. The second-order valence-corrected chi connectivity index (χ2v) is 11.6. The van der Waals surface area contributed by atoms with Gasteiger partial charge in [0, 0.05) is 30.8 Å². The van der Waals surface area contributed by atoms with Crippen LogP contribution in [0.3, 0.4) is 0 Å². The first-order valence-electron chi connectivity index (χ1n) is 13.6. The summed E-state index contributed by atoms with van der Waals surface area (Å²) in [5.74, 6) is -0.218. The molecule has 0 radical (unpaired) electrons. The SMILES string of the molecule is [2H]C[C@]12COC(C1OP(OCC[N+]#[C-])N(C(C)C)C(C)C)[C@H](n1cc(C)c(NC(=O)c3ccccc3)nc1=O)O2. The highest BCUT2D eigenvalue weighted by atomic mass is 31.2. The molecule has 1 amide bonds. The van der Waals surface area contributed by atoms with Crippen molar-refractivity contribution in [3.8, 4) is 0 Å². The van der Waals surface area contributed by atoms with Gasteiger partial charge in [-0.3, -0.25) is 9.36 Å². The summed E-state index contributed by atoms with van der Waals surface area (Å²) in [6, 6.07) is 8.85. The fourth-order valence-corrected chi connectivity index (χ4v) is 6.55. The minimum atomic E-state index is -1.62. The van der Waals surface area contributed by atoms with Crippen LogP contribution in [0.25, 0.3) is 4.85 Å². The number of carbonyl (C=O) groups is 1. The van der Waals surface area contributed by atoms with Crippen LogP contribution in [0.5, 0.6) is 0 Å². The number of hydrogen-bond acceptors (Lipinski definition) is 8. The molecule has 39 heavy (non-hydrogen) atoms. The van der Waals surface area contributed by atoms with Gasteiger partial charge in [-0.2, -0.15) is 4.98 Å². The number of aromatic nitrogens is 2. The van der Waals surface area contributed by atoms with E-state index in [9.17, 15) is 9.59 Å².